The average Bonchev–Trinajstić information content (AvgIpc) is 3.25. The van der Waals surface area contributed by atoms with Gasteiger partial charge in [-0.1, -0.05) is 12.8 Å². The third-order valence-corrected chi connectivity index (χ3v) is 7.62. The molecule has 0 aliphatic heterocycles. The summed E-state index contributed by atoms with van der Waals surface area (Å²) in [5.41, 5.74) is 5.28. The van der Waals surface area contributed by atoms with Crippen LogP contribution in [0.4, 0.5) is 9.39 Å². The molecule has 0 unspecified atom stereocenters. The lowest BCUT2D eigenvalue weighted by Crippen LogP contribution is -2.21. The van der Waals surface area contributed by atoms with E-state index >= 15 is 0 Å². The van der Waals surface area contributed by atoms with Gasteiger partial charge in [0.15, 0.2) is 0 Å². The predicted octanol–water partition coefficient (Wildman–Crippen LogP) is 2.95. The highest BCUT2D eigenvalue weighted by Gasteiger charge is 2.28. The predicted molar refractivity (Wildman–Crippen MR) is 95.3 cm³/mol. The van der Waals surface area contributed by atoms with Crippen LogP contribution in [0.15, 0.2) is 39.4 Å². The fourth-order valence-electron chi connectivity index (χ4n) is 2.91. The first kappa shape index (κ1) is 18.5. The van der Waals surface area contributed by atoms with Crippen molar-refractivity contribution >= 4 is 38.0 Å². The van der Waals surface area contributed by atoms with E-state index in [1.807, 2.05) is 0 Å². The van der Waals surface area contributed by atoms with Crippen molar-refractivity contribution in [2.75, 3.05) is 5.32 Å². The van der Waals surface area contributed by atoms with Crippen molar-refractivity contribution in [1.29, 1.82) is 0 Å². The molecule has 1 aliphatic rings. The molecule has 0 radical (unpaired) electrons. The zero-order chi connectivity index (χ0) is 18.9. The Morgan fingerprint density at radius 2 is 1.77 bits per heavy atom. The number of rotatable bonds is 5. The topological polar surface area (TPSA) is 106 Å². The maximum absolute atomic E-state index is 13.0. The van der Waals surface area contributed by atoms with E-state index in [9.17, 15) is 22.4 Å². The lowest BCUT2D eigenvalue weighted by Gasteiger charge is -2.09. The molecular weight excluding hydrogens is 379 g/mol. The number of thiophene rings is 1. The Labute approximate surface area is 154 Å². The maximum atomic E-state index is 13.0. The normalized spacial score (nSPS) is 15.1. The smallest absolute Gasteiger partial charge is 0.251 e. The van der Waals surface area contributed by atoms with E-state index in [1.54, 1.807) is 0 Å². The van der Waals surface area contributed by atoms with Gasteiger partial charge in [0.25, 0.3) is 5.91 Å². The minimum Gasteiger partial charge on any atom is -0.366 e. The van der Waals surface area contributed by atoms with Gasteiger partial charge < -0.3 is 11.1 Å². The largest absolute Gasteiger partial charge is 0.366 e. The van der Waals surface area contributed by atoms with Gasteiger partial charge in [0, 0.05) is 5.92 Å². The molecule has 2 aromatic rings. The molecule has 3 N–H and O–H groups in total. The van der Waals surface area contributed by atoms with Crippen LogP contribution in [0.5, 0.6) is 0 Å². The summed E-state index contributed by atoms with van der Waals surface area (Å²) in [6.07, 6.45) is 3.47. The van der Waals surface area contributed by atoms with Crippen molar-refractivity contribution in [3.8, 4) is 0 Å². The quantitative estimate of drug-likeness (QED) is 0.758. The van der Waals surface area contributed by atoms with Gasteiger partial charge in [-0.3, -0.25) is 9.59 Å². The third-order valence-electron chi connectivity index (χ3n) is 4.33. The molecule has 1 aromatic heterocycles. The van der Waals surface area contributed by atoms with Gasteiger partial charge in [-0.25, -0.2) is 12.8 Å². The molecule has 3 rings (SSSR count). The van der Waals surface area contributed by atoms with E-state index in [-0.39, 0.29) is 31.5 Å². The summed E-state index contributed by atoms with van der Waals surface area (Å²) in [6.45, 7) is 0. The van der Waals surface area contributed by atoms with Crippen molar-refractivity contribution in [3.63, 3.8) is 0 Å². The summed E-state index contributed by atoms with van der Waals surface area (Å²) in [6, 6.07) is 5.52. The second-order valence-corrected chi connectivity index (χ2v) is 9.33. The summed E-state index contributed by atoms with van der Waals surface area (Å²) in [5.74, 6) is -1.77. The van der Waals surface area contributed by atoms with Crippen molar-refractivity contribution < 1.29 is 22.4 Å². The summed E-state index contributed by atoms with van der Waals surface area (Å²) in [5, 5.41) is 2.76. The maximum Gasteiger partial charge on any atom is 0.251 e. The van der Waals surface area contributed by atoms with Crippen LogP contribution in [-0.2, 0) is 14.6 Å². The number of nitrogens with two attached hydrogens (primary N) is 1. The zero-order valence-corrected chi connectivity index (χ0v) is 15.3. The summed E-state index contributed by atoms with van der Waals surface area (Å²) in [4.78, 5) is 23.9. The van der Waals surface area contributed by atoms with E-state index in [0.717, 1.165) is 67.4 Å². The highest BCUT2D eigenvalue weighted by Crippen LogP contribution is 2.36. The van der Waals surface area contributed by atoms with Gasteiger partial charge in [-0.15, -0.1) is 11.3 Å². The Morgan fingerprint density at radius 3 is 2.35 bits per heavy atom. The highest BCUT2D eigenvalue weighted by atomic mass is 32.2. The number of carbonyl (C=O) groups excluding carboxylic acids is 2. The average molecular weight is 396 g/mol. The Kier molecular flexibility index (Phi) is 5.10. The number of benzene rings is 1. The molecular formula is C17H17FN2O4S2. The number of carbonyl (C=O) groups is 2. The van der Waals surface area contributed by atoms with Crippen LogP contribution >= 0.6 is 11.3 Å². The molecule has 26 heavy (non-hydrogen) atoms. The van der Waals surface area contributed by atoms with Crippen LogP contribution in [-0.4, -0.2) is 20.2 Å². The van der Waals surface area contributed by atoms with Gasteiger partial charge in [0.2, 0.25) is 15.7 Å². The Hall–Kier alpha value is -2.26. The molecule has 138 valence electrons. The summed E-state index contributed by atoms with van der Waals surface area (Å²) in [7, 11) is -3.95. The number of hydrogen-bond donors (Lipinski definition) is 2. The third kappa shape index (κ3) is 3.63. The van der Waals surface area contributed by atoms with E-state index in [1.165, 1.54) is 0 Å². The molecule has 9 heteroatoms. The molecule has 6 nitrogen and oxygen atoms in total. The van der Waals surface area contributed by atoms with Crippen LogP contribution < -0.4 is 11.1 Å². The first-order chi connectivity index (χ1) is 12.3. The second kappa shape index (κ2) is 7.16. The summed E-state index contributed by atoms with van der Waals surface area (Å²) < 4.78 is 38.3. The number of hydrogen-bond acceptors (Lipinski definition) is 5. The van der Waals surface area contributed by atoms with Gasteiger partial charge >= 0.3 is 0 Å². The van der Waals surface area contributed by atoms with E-state index in [2.05, 4.69) is 5.32 Å². The molecule has 1 saturated carbocycles. The molecule has 0 atom stereocenters. The molecule has 1 aromatic carbocycles. The first-order valence-corrected chi connectivity index (χ1v) is 10.3. The van der Waals surface area contributed by atoms with Gasteiger partial charge in [0.05, 0.1) is 10.5 Å². The lowest BCUT2D eigenvalue weighted by atomic mass is 10.1. The molecule has 1 aliphatic carbocycles. The van der Waals surface area contributed by atoms with E-state index in [4.69, 9.17) is 5.73 Å². The second-order valence-electron chi connectivity index (χ2n) is 6.10. The standard InChI is InChI=1S/C17H17FN2O4S2/c18-11-5-7-12(8-6-11)26(23,24)14-9-13(15(19)21)17(25-14)20-16(22)10-3-1-2-4-10/h5-10H,1-4H2,(H2,19,21)(H,20,22). The van der Waals surface area contributed by atoms with Crippen molar-refractivity contribution in [3.05, 3.63) is 41.7 Å². The monoisotopic (exact) mass is 396 g/mol. The van der Waals surface area contributed by atoms with Gasteiger partial charge in [0.1, 0.15) is 15.0 Å². The lowest BCUT2D eigenvalue weighted by molar-refractivity contribution is -0.119. The Balaban J connectivity index is 1.95. The fourth-order valence-corrected chi connectivity index (χ4v) is 5.68. The minimum atomic E-state index is -3.95. The fraction of sp³-hybridized carbons (Fsp3) is 0.294. The first-order valence-electron chi connectivity index (χ1n) is 8.04. The Morgan fingerprint density at radius 1 is 1.15 bits per heavy atom. The number of sulfone groups is 1. The van der Waals surface area contributed by atoms with E-state index < -0.39 is 21.6 Å². The van der Waals surface area contributed by atoms with Crippen LogP contribution in [0, 0.1) is 11.7 Å². The number of nitrogens with one attached hydrogen (secondary N) is 1. The molecule has 2 amide bonds. The molecule has 1 heterocycles. The van der Waals surface area contributed by atoms with Crippen LogP contribution in [0.2, 0.25) is 0 Å². The number of primary amides is 1. The molecule has 0 saturated heterocycles. The van der Waals surface area contributed by atoms with Crippen LogP contribution in [0.3, 0.4) is 0 Å². The van der Waals surface area contributed by atoms with Gasteiger partial charge in [-0.05, 0) is 43.2 Å². The zero-order valence-electron chi connectivity index (χ0n) is 13.7. The van der Waals surface area contributed by atoms with Crippen molar-refractivity contribution in [2.45, 2.75) is 34.8 Å². The highest BCUT2D eigenvalue weighted by molar-refractivity contribution is 7.93. The molecule has 0 spiro atoms. The SMILES string of the molecule is NC(=O)c1cc(S(=O)(=O)c2ccc(F)cc2)sc1NC(=O)C1CCCC1. The minimum absolute atomic E-state index is 0.0537. The molecule has 0 bridgehead atoms. The summed E-state index contributed by atoms with van der Waals surface area (Å²) >= 11 is 0.766. The van der Waals surface area contributed by atoms with E-state index in [0.29, 0.717) is 0 Å². The van der Waals surface area contributed by atoms with Crippen molar-refractivity contribution in [2.24, 2.45) is 11.7 Å². The molecule has 1 fully saturated rings. The number of halogens is 1. The van der Waals surface area contributed by atoms with Crippen LogP contribution in [0.25, 0.3) is 0 Å². The van der Waals surface area contributed by atoms with Crippen molar-refractivity contribution in [1.82, 2.24) is 0 Å². The Bertz CT molecular complexity index is 946. The number of anilines is 1. The van der Waals surface area contributed by atoms with Gasteiger partial charge in [-0.2, -0.15) is 0 Å². The number of amides is 2. The van der Waals surface area contributed by atoms with Crippen LogP contribution in [0.1, 0.15) is 36.0 Å².